The van der Waals surface area contributed by atoms with Gasteiger partial charge in [-0.3, -0.25) is 4.79 Å². The lowest BCUT2D eigenvalue weighted by Crippen LogP contribution is -2.24. The molecule has 1 aliphatic rings. The van der Waals surface area contributed by atoms with Gasteiger partial charge in [-0.2, -0.15) is 12.6 Å². The number of thiol groups is 1. The molecule has 1 aliphatic heterocycles. The number of amides is 1. The summed E-state index contributed by atoms with van der Waals surface area (Å²) in [6.45, 7) is 0.610. The molecule has 0 aromatic heterocycles. The van der Waals surface area contributed by atoms with Crippen LogP contribution in [0.15, 0.2) is 21.1 Å². The molecule has 1 aromatic rings. The first kappa shape index (κ1) is 13.2. The Hall–Kier alpha value is -0.200. The van der Waals surface area contributed by atoms with Crippen LogP contribution >= 0.6 is 44.5 Å². The monoisotopic (exact) mass is 379 g/mol. The lowest BCUT2D eigenvalue weighted by atomic mass is 10.1. The highest BCUT2D eigenvalue weighted by molar-refractivity contribution is 9.11. The van der Waals surface area contributed by atoms with E-state index in [2.05, 4.69) is 44.5 Å². The van der Waals surface area contributed by atoms with E-state index in [9.17, 15) is 9.90 Å². The molecule has 0 spiro atoms. The van der Waals surface area contributed by atoms with Crippen molar-refractivity contribution in [3.63, 3.8) is 0 Å². The highest BCUT2D eigenvalue weighted by atomic mass is 79.9. The highest BCUT2D eigenvalue weighted by Gasteiger charge is 2.31. The van der Waals surface area contributed by atoms with Gasteiger partial charge in [0.05, 0.1) is 10.2 Å². The van der Waals surface area contributed by atoms with E-state index in [1.165, 1.54) is 0 Å². The normalized spacial score (nSPS) is 20.1. The number of anilines is 1. The number of carbonyl (C=O) groups is 1. The molecule has 0 bridgehead atoms. The first-order valence-electron chi connectivity index (χ1n) is 5.12. The van der Waals surface area contributed by atoms with Crippen molar-refractivity contribution < 1.29 is 9.90 Å². The summed E-state index contributed by atoms with van der Waals surface area (Å²) in [4.78, 5) is 13.5. The number of phenolic OH excluding ortho intramolecular Hbond substituents is 1. The maximum Gasteiger partial charge on any atom is 0.227 e. The number of phenols is 1. The first-order chi connectivity index (χ1) is 8.02. The van der Waals surface area contributed by atoms with Gasteiger partial charge in [0, 0.05) is 17.4 Å². The van der Waals surface area contributed by atoms with Gasteiger partial charge in [0.1, 0.15) is 0 Å². The molecule has 2 rings (SSSR count). The molecule has 1 heterocycles. The van der Waals surface area contributed by atoms with E-state index in [4.69, 9.17) is 0 Å². The van der Waals surface area contributed by atoms with Crippen LogP contribution in [-0.4, -0.2) is 23.3 Å². The third-order valence-corrected chi connectivity index (χ3v) is 4.34. The summed E-state index contributed by atoms with van der Waals surface area (Å²) in [6.07, 6.45) is 0.493. The molecular formula is C11H11Br2NO2S. The highest BCUT2D eigenvalue weighted by Crippen LogP contribution is 2.40. The molecule has 1 atom stereocenters. The fraction of sp³-hybridized carbons (Fsp3) is 0.364. The second-order valence-corrected chi connectivity index (χ2v) is 6.15. The summed E-state index contributed by atoms with van der Waals surface area (Å²) in [5.74, 6) is 1.06. The van der Waals surface area contributed by atoms with Crippen LogP contribution in [0.25, 0.3) is 0 Å². The van der Waals surface area contributed by atoms with Crippen LogP contribution in [0, 0.1) is 5.92 Å². The number of hydrogen-bond donors (Lipinski definition) is 2. The van der Waals surface area contributed by atoms with E-state index in [0.29, 0.717) is 28.9 Å². The van der Waals surface area contributed by atoms with Gasteiger partial charge in [0.2, 0.25) is 5.91 Å². The Morgan fingerprint density at radius 1 is 1.47 bits per heavy atom. The summed E-state index contributed by atoms with van der Waals surface area (Å²) in [5.41, 5.74) is 0.542. The van der Waals surface area contributed by atoms with Gasteiger partial charge in [-0.1, -0.05) is 15.9 Å². The van der Waals surface area contributed by atoms with Crippen LogP contribution < -0.4 is 4.90 Å². The van der Waals surface area contributed by atoms with Gasteiger partial charge in [-0.05, 0) is 39.7 Å². The SMILES string of the molecule is O=C1CC(CS)CN1c1cc(Br)cc(Br)c1O. The Kier molecular flexibility index (Phi) is 4.05. The first-order valence-corrected chi connectivity index (χ1v) is 7.34. The van der Waals surface area contributed by atoms with Gasteiger partial charge in [-0.25, -0.2) is 0 Å². The zero-order chi connectivity index (χ0) is 12.6. The van der Waals surface area contributed by atoms with E-state index in [0.717, 1.165) is 4.47 Å². The van der Waals surface area contributed by atoms with E-state index in [-0.39, 0.29) is 17.6 Å². The molecule has 0 radical (unpaired) electrons. The summed E-state index contributed by atoms with van der Waals surface area (Å²) in [6, 6.07) is 3.49. The standard InChI is InChI=1S/C11H11Br2NO2S/c12-7-2-8(13)11(16)9(3-7)14-4-6(5-17)1-10(14)15/h2-3,6,16-17H,1,4-5H2. The number of aromatic hydroxyl groups is 1. The van der Waals surface area contributed by atoms with E-state index in [1.807, 2.05) is 0 Å². The summed E-state index contributed by atoms with van der Waals surface area (Å²) in [7, 11) is 0. The molecule has 1 N–H and O–H groups in total. The number of rotatable bonds is 2. The molecule has 1 aromatic carbocycles. The molecular weight excluding hydrogens is 370 g/mol. The van der Waals surface area contributed by atoms with Crippen LogP contribution in [0.3, 0.4) is 0 Å². The molecule has 6 heteroatoms. The van der Waals surface area contributed by atoms with Crippen molar-refractivity contribution in [3.05, 3.63) is 21.1 Å². The fourth-order valence-corrected chi connectivity index (χ4v) is 3.34. The average Bonchev–Trinajstić information content (AvgIpc) is 2.65. The average molecular weight is 381 g/mol. The molecule has 1 saturated heterocycles. The Labute approximate surface area is 122 Å². The molecule has 0 aliphatic carbocycles. The van der Waals surface area contributed by atoms with Crippen molar-refractivity contribution >= 4 is 56.1 Å². The van der Waals surface area contributed by atoms with Gasteiger partial charge >= 0.3 is 0 Å². The Morgan fingerprint density at radius 3 is 2.76 bits per heavy atom. The molecule has 0 saturated carbocycles. The zero-order valence-electron chi connectivity index (χ0n) is 8.86. The minimum absolute atomic E-state index is 0.0318. The molecule has 1 fully saturated rings. The summed E-state index contributed by atoms with van der Waals surface area (Å²) >= 11 is 10.8. The molecule has 3 nitrogen and oxygen atoms in total. The minimum atomic E-state index is 0.0318. The quantitative estimate of drug-likeness (QED) is 0.773. The van der Waals surface area contributed by atoms with Crippen LogP contribution in [0.2, 0.25) is 0 Å². The number of hydrogen-bond acceptors (Lipinski definition) is 3. The number of nitrogens with zero attached hydrogens (tertiary/aromatic N) is 1. The van der Waals surface area contributed by atoms with E-state index < -0.39 is 0 Å². The number of carbonyl (C=O) groups excluding carboxylic acids is 1. The predicted molar refractivity (Wildman–Crippen MR) is 77.8 cm³/mol. The van der Waals surface area contributed by atoms with Gasteiger partial charge in [0.25, 0.3) is 0 Å². The maximum absolute atomic E-state index is 11.9. The maximum atomic E-state index is 11.9. The third-order valence-electron chi connectivity index (χ3n) is 2.76. The van der Waals surface area contributed by atoms with Gasteiger partial charge in [0.15, 0.2) is 5.75 Å². The second kappa shape index (κ2) is 5.20. The lowest BCUT2D eigenvalue weighted by Gasteiger charge is -2.19. The van der Waals surface area contributed by atoms with Crippen LogP contribution in [0.5, 0.6) is 5.75 Å². The van der Waals surface area contributed by atoms with Crippen LogP contribution in [-0.2, 0) is 4.79 Å². The second-order valence-electron chi connectivity index (χ2n) is 4.01. The van der Waals surface area contributed by atoms with Crippen molar-refractivity contribution in [2.45, 2.75) is 6.42 Å². The predicted octanol–water partition coefficient (Wildman–Crippen LogP) is 3.20. The summed E-state index contributed by atoms with van der Waals surface area (Å²) in [5, 5.41) is 9.98. The molecule has 1 unspecified atom stereocenters. The number of benzene rings is 1. The minimum Gasteiger partial charge on any atom is -0.505 e. The number of halogens is 2. The summed E-state index contributed by atoms with van der Waals surface area (Å²) < 4.78 is 1.39. The van der Waals surface area contributed by atoms with Crippen LogP contribution in [0.1, 0.15) is 6.42 Å². The smallest absolute Gasteiger partial charge is 0.227 e. The lowest BCUT2D eigenvalue weighted by molar-refractivity contribution is -0.117. The van der Waals surface area contributed by atoms with Crippen molar-refractivity contribution in [1.29, 1.82) is 0 Å². The molecule has 17 heavy (non-hydrogen) atoms. The zero-order valence-corrected chi connectivity index (χ0v) is 12.9. The third kappa shape index (κ3) is 2.63. The van der Waals surface area contributed by atoms with E-state index in [1.54, 1.807) is 17.0 Å². The Balaban J connectivity index is 2.38. The Bertz CT molecular complexity index is 467. The van der Waals surface area contributed by atoms with Crippen molar-refractivity contribution in [1.82, 2.24) is 0 Å². The van der Waals surface area contributed by atoms with Crippen LogP contribution in [0.4, 0.5) is 5.69 Å². The van der Waals surface area contributed by atoms with Gasteiger partial charge < -0.3 is 10.0 Å². The van der Waals surface area contributed by atoms with Crippen molar-refractivity contribution in [2.75, 3.05) is 17.2 Å². The molecule has 92 valence electrons. The molecule has 1 amide bonds. The Morgan fingerprint density at radius 2 is 2.18 bits per heavy atom. The topological polar surface area (TPSA) is 40.5 Å². The van der Waals surface area contributed by atoms with E-state index >= 15 is 0 Å². The van der Waals surface area contributed by atoms with Crippen molar-refractivity contribution in [3.8, 4) is 5.75 Å². The van der Waals surface area contributed by atoms with Crippen molar-refractivity contribution in [2.24, 2.45) is 5.92 Å². The fourth-order valence-electron chi connectivity index (χ4n) is 1.89. The largest absolute Gasteiger partial charge is 0.505 e. The van der Waals surface area contributed by atoms with Gasteiger partial charge in [-0.15, -0.1) is 0 Å².